The molecule has 17 heavy (non-hydrogen) atoms. The molecule has 0 saturated carbocycles. The van der Waals surface area contributed by atoms with Crippen molar-refractivity contribution in [3.8, 4) is 0 Å². The molecule has 0 fully saturated rings. The van der Waals surface area contributed by atoms with Gasteiger partial charge in [-0.05, 0) is 26.2 Å². The van der Waals surface area contributed by atoms with E-state index in [2.05, 4.69) is 29.6 Å². The summed E-state index contributed by atoms with van der Waals surface area (Å²) in [6.07, 6.45) is -0.285. The number of thioether (sulfide) groups is 1. The molecule has 0 amide bonds. The Morgan fingerprint density at radius 2 is 2.00 bits per heavy atom. The largest absolute Gasteiger partial charge is 0.390 e. The van der Waals surface area contributed by atoms with Crippen molar-refractivity contribution in [3.63, 3.8) is 0 Å². The third-order valence-electron chi connectivity index (χ3n) is 2.25. The maximum absolute atomic E-state index is 9.62. The van der Waals surface area contributed by atoms with E-state index in [0.29, 0.717) is 13.1 Å². The minimum atomic E-state index is -0.285. The van der Waals surface area contributed by atoms with Crippen LogP contribution in [0, 0.1) is 0 Å². The molecule has 1 unspecified atom stereocenters. The maximum atomic E-state index is 9.62. The predicted molar refractivity (Wildman–Crippen MR) is 74.6 cm³/mol. The van der Waals surface area contributed by atoms with Gasteiger partial charge in [0.15, 0.2) is 0 Å². The van der Waals surface area contributed by atoms with Gasteiger partial charge in [-0.3, -0.25) is 0 Å². The zero-order chi connectivity index (χ0) is 12.5. The lowest BCUT2D eigenvalue weighted by atomic mass is 10.3. The fourth-order valence-corrected chi connectivity index (χ4v) is 2.34. The number of aliphatic hydroxyl groups excluding tert-OH is 1. The van der Waals surface area contributed by atoms with E-state index < -0.39 is 0 Å². The van der Waals surface area contributed by atoms with Crippen LogP contribution in [0.15, 0.2) is 35.2 Å². The van der Waals surface area contributed by atoms with Crippen molar-refractivity contribution in [2.75, 3.05) is 39.5 Å². The first-order chi connectivity index (χ1) is 8.18. The summed E-state index contributed by atoms with van der Waals surface area (Å²) >= 11 is 1.83. The number of hydrogen-bond acceptors (Lipinski definition) is 4. The van der Waals surface area contributed by atoms with Gasteiger partial charge in [0, 0.05) is 30.3 Å². The molecule has 1 aromatic rings. The molecule has 1 atom stereocenters. The van der Waals surface area contributed by atoms with Crippen molar-refractivity contribution in [1.29, 1.82) is 0 Å². The summed E-state index contributed by atoms with van der Waals surface area (Å²) in [6.45, 7) is 2.29. The van der Waals surface area contributed by atoms with Crippen LogP contribution in [0.2, 0.25) is 0 Å². The van der Waals surface area contributed by atoms with Crippen LogP contribution in [0.5, 0.6) is 0 Å². The van der Waals surface area contributed by atoms with E-state index in [9.17, 15) is 5.11 Å². The molecule has 0 saturated heterocycles. The second-order valence-electron chi connectivity index (χ2n) is 4.28. The Morgan fingerprint density at radius 3 is 2.65 bits per heavy atom. The second-order valence-corrected chi connectivity index (χ2v) is 5.45. The lowest BCUT2D eigenvalue weighted by molar-refractivity contribution is 0.135. The molecule has 1 rings (SSSR count). The summed E-state index contributed by atoms with van der Waals surface area (Å²) in [6, 6.07) is 10.4. The van der Waals surface area contributed by atoms with Crippen molar-refractivity contribution in [2.24, 2.45) is 0 Å². The van der Waals surface area contributed by atoms with Gasteiger partial charge in [-0.1, -0.05) is 18.2 Å². The maximum Gasteiger partial charge on any atom is 0.0791 e. The van der Waals surface area contributed by atoms with Crippen LogP contribution in [0.1, 0.15) is 0 Å². The van der Waals surface area contributed by atoms with Gasteiger partial charge in [0.05, 0.1) is 6.10 Å². The molecule has 0 aromatic heterocycles. The summed E-state index contributed by atoms with van der Waals surface area (Å²) in [5.74, 6) is 1.03. The van der Waals surface area contributed by atoms with E-state index in [1.807, 2.05) is 36.8 Å². The minimum absolute atomic E-state index is 0.285. The van der Waals surface area contributed by atoms with E-state index in [0.717, 1.165) is 12.3 Å². The molecule has 96 valence electrons. The molecule has 0 spiro atoms. The summed E-state index contributed by atoms with van der Waals surface area (Å²) in [4.78, 5) is 3.29. The zero-order valence-electron chi connectivity index (χ0n) is 10.6. The van der Waals surface area contributed by atoms with Crippen molar-refractivity contribution in [1.82, 2.24) is 10.2 Å². The molecule has 0 aliphatic heterocycles. The normalized spacial score (nSPS) is 12.9. The molecule has 4 heteroatoms. The summed E-state index contributed by atoms with van der Waals surface area (Å²) in [7, 11) is 3.93. The van der Waals surface area contributed by atoms with Crippen LogP contribution in [0.4, 0.5) is 0 Å². The average molecular weight is 254 g/mol. The summed E-state index contributed by atoms with van der Waals surface area (Å²) in [5.41, 5.74) is 0. The Bertz CT molecular complexity index is 293. The van der Waals surface area contributed by atoms with E-state index in [-0.39, 0.29) is 6.10 Å². The van der Waals surface area contributed by atoms with Gasteiger partial charge in [-0.15, -0.1) is 11.8 Å². The highest BCUT2D eigenvalue weighted by molar-refractivity contribution is 7.99. The number of nitrogens with one attached hydrogen (secondary N) is 1. The van der Waals surface area contributed by atoms with Crippen LogP contribution in [0.25, 0.3) is 0 Å². The number of benzene rings is 1. The van der Waals surface area contributed by atoms with E-state index >= 15 is 0 Å². The molecule has 0 aliphatic carbocycles. The third-order valence-corrected chi connectivity index (χ3v) is 3.26. The first kappa shape index (κ1) is 14.5. The minimum Gasteiger partial charge on any atom is -0.390 e. The van der Waals surface area contributed by atoms with Crippen LogP contribution in [0.3, 0.4) is 0 Å². The van der Waals surface area contributed by atoms with Gasteiger partial charge < -0.3 is 15.3 Å². The molecule has 1 aromatic carbocycles. The molecule has 0 aliphatic rings. The molecule has 2 N–H and O–H groups in total. The lowest BCUT2D eigenvalue weighted by Crippen LogP contribution is -2.35. The van der Waals surface area contributed by atoms with E-state index in [1.54, 1.807) is 0 Å². The predicted octanol–water partition coefficient (Wildman–Crippen LogP) is 1.29. The fraction of sp³-hybridized carbons (Fsp3) is 0.538. The Kier molecular flexibility index (Phi) is 7.28. The number of aliphatic hydroxyl groups is 1. The van der Waals surface area contributed by atoms with Gasteiger partial charge in [0.2, 0.25) is 0 Å². The first-order valence-corrected chi connectivity index (χ1v) is 6.88. The highest BCUT2D eigenvalue weighted by Crippen LogP contribution is 2.15. The van der Waals surface area contributed by atoms with Crippen LogP contribution in [-0.4, -0.2) is 55.6 Å². The molecule has 0 bridgehead atoms. The van der Waals surface area contributed by atoms with Gasteiger partial charge in [-0.25, -0.2) is 0 Å². The van der Waals surface area contributed by atoms with Crippen molar-refractivity contribution in [2.45, 2.75) is 11.0 Å². The standard InChI is InChI=1S/C13H22N2OS/c1-15(2)11-12(16)10-14-8-9-17-13-6-4-3-5-7-13/h3-7,12,14,16H,8-11H2,1-2H3. The van der Waals surface area contributed by atoms with Crippen molar-refractivity contribution >= 4 is 11.8 Å². The highest BCUT2D eigenvalue weighted by atomic mass is 32.2. The van der Waals surface area contributed by atoms with Gasteiger partial charge in [0.25, 0.3) is 0 Å². The summed E-state index contributed by atoms with van der Waals surface area (Å²) in [5, 5.41) is 12.9. The Labute approximate surface area is 108 Å². The summed E-state index contributed by atoms with van der Waals surface area (Å²) < 4.78 is 0. The average Bonchev–Trinajstić information content (AvgIpc) is 2.29. The number of likely N-dealkylation sites (N-methyl/N-ethyl adjacent to an activating group) is 1. The molecular formula is C13H22N2OS. The van der Waals surface area contributed by atoms with Gasteiger partial charge in [-0.2, -0.15) is 0 Å². The molecule has 3 nitrogen and oxygen atoms in total. The van der Waals surface area contributed by atoms with Crippen LogP contribution in [-0.2, 0) is 0 Å². The first-order valence-electron chi connectivity index (χ1n) is 5.90. The van der Waals surface area contributed by atoms with Crippen molar-refractivity contribution in [3.05, 3.63) is 30.3 Å². The van der Waals surface area contributed by atoms with Gasteiger partial charge in [0.1, 0.15) is 0 Å². The van der Waals surface area contributed by atoms with Crippen molar-refractivity contribution < 1.29 is 5.11 Å². The molecule has 0 radical (unpaired) electrons. The Morgan fingerprint density at radius 1 is 1.29 bits per heavy atom. The van der Waals surface area contributed by atoms with E-state index in [1.165, 1.54) is 4.90 Å². The van der Waals surface area contributed by atoms with Crippen LogP contribution < -0.4 is 5.32 Å². The number of rotatable bonds is 8. The monoisotopic (exact) mass is 254 g/mol. The van der Waals surface area contributed by atoms with E-state index in [4.69, 9.17) is 0 Å². The zero-order valence-corrected chi connectivity index (χ0v) is 11.4. The number of hydrogen-bond donors (Lipinski definition) is 2. The van der Waals surface area contributed by atoms with Gasteiger partial charge >= 0.3 is 0 Å². The second kappa shape index (κ2) is 8.53. The molecular weight excluding hydrogens is 232 g/mol. The quantitative estimate of drug-likeness (QED) is 0.541. The van der Waals surface area contributed by atoms with Crippen LogP contribution >= 0.6 is 11.8 Å². The fourth-order valence-electron chi connectivity index (χ4n) is 1.51. The molecule has 0 heterocycles. The lowest BCUT2D eigenvalue weighted by Gasteiger charge is -2.16. The Balaban J connectivity index is 2.01. The SMILES string of the molecule is CN(C)CC(O)CNCCSc1ccccc1. The third kappa shape index (κ3) is 7.39. The number of nitrogens with zero attached hydrogens (tertiary/aromatic N) is 1. The smallest absolute Gasteiger partial charge is 0.0791 e. The highest BCUT2D eigenvalue weighted by Gasteiger charge is 2.03. The Hall–Kier alpha value is -0.550. The topological polar surface area (TPSA) is 35.5 Å².